The average molecular weight is 255 g/mol. The van der Waals surface area contributed by atoms with Gasteiger partial charge in [-0.2, -0.15) is 0 Å². The van der Waals surface area contributed by atoms with Crippen molar-refractivity contribution in [3.63, 3.8) is 0 Å². The molecule has 0 fully saturated rings. The first-order valence-corrected chi connectivity index (χ1v) is 4.90. The number of rotatable bonds is 1. The minimum Gasteiger partial charge on any atom is -0.340 e. The van der Waals surface area contributed by atoms with Crippen molar-refractivity contribution in [3.05, 3.63) is 41.0 Å². The maximum Gasteiger partial charge on any atom is 0.146 e. The summed E-state index contributed by atoms with van der Waals surface area (Å²) in [6.45, 7) is 0. The summed E-state index contributed by atoms with van der Waals surface area (Å²) in [4.78, 5) is 4.09. The highest BCUT2D eigenvalue weighted by Crippen LogP contribution is 2.26. The van der Waals surface area contributed by atoms with Gasteiger partial charge in [-0.15, -0.1) is 0 Å². The van der Waals surface area contributed by atoms with Crippen LogP contribution in [0.25, 0.3) is 11.3 Å². The first kappa shape index (κ1) is 9.40. The van der Waals surface area contributed by atoms with E-state index in [1.807, 2.05) is 7.05 Å². The molecule has 1 aromatic carbocycles. The molecule has 0 aliphatic heterocycles. The Morgan fingerprint density at radius 2 is 2.21 bits per heavy atom. The fourth-order valence-corrected chi connectivity index (χ4v) is 1.62. The van der Waals surface area contributed by atoms with Crippen molar-refractivity contribution in [1.82, 2.24) is 9.55 Å². The molecule has 4 heteroatoms. The Labute approximate surface area is 89.5 Å². The van der Waals surface area contributed by atoms with Gasteiger partial charge < -0.3 is 4.57 Å². The van der Waals surface area contributed by atoms with E-state index < -0.39 is 0 Å². The Morgan fingerprint density at radius 3 is 2.86 bits per heavy atom. The van der Waals surface area contributed by atoms with Crippen molar-refractivity contribution in [3.8, 4) is 11.3 Å². The van der Waals surface area contributed by atoms with E-state index >= 15 is 0 Å². The second-order valence-corrected chi connectivity index (χ2v) is 3.88. The van der Waals surface area contributed by atoms with Crippen LogP contribution < -0.4 is 0 Å². The first-order valence-electron chi connectivity index (χ1n) is 4.11. The molecule has 0 aliphatic carbocycles. The molecule has 14 heavy (non-hydrogen) atoms. The lowest BCUT2D eigenvalue weighted by molar-refractivity contribution is 0.624. The Balaban J connectivity index is 2.57. The predicted octanol–water partition coefficient (Wildman–Crippen LogP) is 2.99. The summed E-state index contributed by atoms with van der Waals surface area (Å²) >= 11 is 3.14. The van der Waals surface area contributed by atoms with Crippen LogP contribution in [-0.4, -0.2) is 9.55 Å². The van der Waals surface area contributed by atoms with Gasteiger partial charge in [0.1, 0.15) is 5.82 Å². The van der Waals surface area contributed by atoms with E-state index in [-0.39, 0.29) is 5.82 Å². The van der Waals surface area contributed by atoms with E-state index in [2.05, 4.69) is 20.9 Å². The summed E-state index contributed by atoms with van der Waals surface area (Å²) in [6.07, 6.45) is 3.43. The highest BCUT2D eigenvalue weighted by atomic mass is 79.9. The van der Waals surface area contributed by atoms with Gasteiger partial charge in [-0.1, -0.05) is 6.07 Å². The standard InChI is InChI=1S/C10H8BrFN2/c1-14-5-9(13-6-14)7-3-2-4-8(11)10(7)12/h2-6H,1H3. The van der Waals surface area contributed by atoms with E-state index in [0.29, 0.717) is 15.7 Å². The minimum atomic E-state index is -0.272. The minimum absolute atomic E-state index is 0.272. The summed E-state index contributed by atoms with van der Waals surface area (Å²) in [5.41, 5.74) is 1.16. The van der Waals surface area contributed by atoms with Crippen molar-refractivity contribution in [1.29, 1.82) is 0 Å². The maximum absolute atomic E-state index is 13.6. The molecule has 1 aromatic heterocycles. The van der Waals surface area contributed by atoms with Gasteiger partial charge in [-0.25, -0.2) is 9.37 Å². The van der Waals surface area contributed by atoms with Gasteiger partial charge >= 0.3 is 0 Å². The summed E-state index contributed by atoms with van der Waals surface area (Å²) in [5, 5.41) is 0. The number of aromatic nitrogens is 2. The lowest BCUT2D eigenvalue weighted by Crippen LogP contribution is -1.85. The topological polar surface area (TPSA) is 17.8 Å². The van der Waals surface area contributed by atoms with Gasteiger partial charge in [0.25, 0.3) is 0 Å². The van der Waals surface area contributed by atoms with E-state index in [1.165, 1.54) is 0 Å². The molecule has 2 rings (SSSR count). The van der Waals surface area contributed by atoms with Crippen molar-refractivity contribution in [2.45, 2.75) is 0 Å². The predicted molar refractivity (Wildman–Crippen MR) is 56.3 cm³/mol. The Morgan fingerprint density at radius 1 is 1.43 bits per heavy atom. The number of aryl methyl sites for hydroxylation is 1. The molecule has 0 aliphatic rings. The number of hydrogen-bond acceptors (Lipinski definition) is 1. The van der Waals surface area contributed by atoms with Crippen LogP contribution in [0.5, 0.6) is 0 Å². The molecular weight excluding hydrogens is 247 g/mol. The Kier molecular flexibility index (Phi) is 2.37. The zero-order chi connectivity index (χ0) is 10.1. The lowest BCUT2D eigenvalue weighted by Gasteiger charge is -2.00. The van der Waals surface area contributed by atoms with Crippen LogP contribution >= 0.6 is 15.9 Å². The van der Waals surface area contributed by atoms with Gasteiger partial charge in [0.15, 0.2) is 0 Å². The highest BCUT2D eigenvalue weighted by Gasteiger charge is 2.09. The average Bonchev–Trinajstić information content (AvgIpc) is 2.57. The third-order valence-electron chi connectivity index (χ3n) is 1.93. The molecule has 0 radical (unpaired) electrons. The third kappa shape index (κ3) is 1.57. The molecule has 0 bridgehead atoms. The molecule has 0 saturated carbocycles. The van der Waals surface area contributed by atoms with Gasteiger partial charge in [0.2, 0.25) is 0 Å². The van der Waals surface area contributed by atoms with E-state index in [4.69, 9.17) is 0 Å². The number of imidazole rings is 1. The molecule has 1 heterocycles. The monoisotopic (exact) mass is 254 g/mol. The van der Waals surface area contributed by atoms with Crippen molar-refractivity contribution in [2.24, 2.45) is 7.05 Å². The third-order valence-corrected chi connectivity index (χ3v) is 2.54. The summed E-state index contributed by atoms with van der Waals surface area (Å²) in [6, 6.07) is 5.17. The van der Waals surface area contributed by atoms with Crippen LogP contribution in [0, 0.1) is 5.82 Å². The van der Waals surface area contributed by atoms with Crippen molar-refractivity contribution >= 4 is 15.9 Å². The number of nitrogens with zero attached hydrogens (tertiary/aromatic N) is 2. The van der Waals surface area contributed by atoms with Gasteiger partial charge in [-0.3, -0.25) is 0 Å². The zero-order valence-electron chi connectivity index (χ0n) is 7.54. The quantitative estimate of drug-likeness (QED) is 0.765. The number of halogens is 2. The molecule has 0 amide bonds. The molecule has 2 nitrogen and oxygen atoms in total. The van der Waals surface area contributed by atoms with Crippen LogP contribution in [-0.2, 0) is 7.05 Å². The first-order chi connectivity index (χ1) is 6.68. The van der Waals surface area contributed by atoms with Gasteiger partial charge in [0.05, 0.1) is 16.5 Å². The summed E-state index contributed by atoms with van der Waals surface area (Å²) in [5.74, 6) is -0.272. The molecule has 72 valence electrons. The zero-order valence-corrected chi connectivity index (χ0v) is 9.12. The van der Waals surface area contributed by atoms with Crippen LogP contribution in [0.1, 0.15) is 0 Å². The SMILES string of the molecule is Cn1cnc(-c2cccc(Br)c2F)c1. The normalized spacial score (nSPS) is 10.5. The second kappa shape index (κ2) is 3.53. The smallest absolute Gasteiger partial charge is 0.146 e. The van der Waals surface area contributed by atoms with Crippen LogP contribution in [0.4, 0.5) is 4.39 Å². The van der Waals surface area contributed by atoms with Gasteiger partial charge in [-0.05, 0) is 28.1 Å². The van der Waals surface area contributed by atoms with Crippen LogP contribution in [0.15, 0.2) is 35.2 Å². The molecule has 0 saturated heterocycles. The molecular formula is C10H8BrFN2. The molecule has 0 atom stereocenters. The fourth-order valence-electron chi connectivity index (χ4n) is 1.25. The second-order valence-electron chi connectivity index (χ2n) is 3.03. The molecule has 2 aromatic rings. The largest absolute Gasteiger partial charge is 0.340 e. The fraction of sp³-hybridized carbons (Fsp3) is 0.100. The van der Waals surface area contributed by atoms with E-state index in [9.17, 15) is 4.39 Å². The molecule has 0 spiro atoms. The molecule has 0 unspecified atom stereocenters. The number of benzene rings is 1. The van der Waals surface area contributed by atoms with Crippen molar-refractivity contribution < 1.29 is 4.39 Å². The van der Waals surface area contributed by atoms with E-state index in [0.717, 1.165) is 0 Å². The lowest BCUT2D eigenvalue weighted by atomic mass is 10.1. The highest BCUT2D eigenvalue weighted by molar-refractivity contribution is 9.10. The van der Waals surface area contributed by atoms with E-state index in [1.54, 1.807) is 35.3 Å². The van der Waals surface area contributed by atoms with Crippen LogP contribution in [0.3, 0.4) is 0 Å². The summed E-state index contributed by atoms with van der Waals surface area (Å²) < 4.78 is 15.8. The molecule has 0 N–H and O–H groups in total. The number of hydrogen-bond donors (Lipinski definition) is 0. The Bertz CT molecular complexity index is 465. The maximum atomic E-state index is 13.6. The van der Waals surface area contributed by atoms with Crippen molar-refractivity contribution in [2.75, 3.05) is 0 Å². The van der Waals surface area contributed by atoms with Gasteiger partial charge in [0, 0.05) is 18.8 Å². The van der Waals surface area contributed by atoms with Crippen LogP contribution in [0.2, 0.25) is 0 Å². The summed E-state index contributed by atoms with van der Waals surface area (Å²) in [7, 11) is 1.85. The Hall–Kier alpha value is -1.16.